The largest absolute Gasteiger partial charge is 0.444 e. The fourth-order valence-electron chi connectivity index (χ4n) is 5.07. The van der Waals surface area contributed by atoms with Crippen LogP contribution in [0.4, 0.5) is 4.79 Å². The summed E-state index contributed by atoms with van der Waals surface area (Å²) in [6, 6.07) is 0.251. The molecule has 0 aromatic heterocycles. The lowest BCUT2D eigenvalue weighted by atomic mass is 9.49. The van der Waals surface area contributed by atoms with E-state index in [4.69, 9.17) is 8.92 Å². The van der Waals surface area contributed by atoms with Gasteiger partial charge in [0.1, 0.15) is 5.60 Å². The van der Waals surface area contributed by atoms with Crippen LogP contribution >= 0.6 is 0 Å². The number of amides is 1. The number of ether oxygens (including phenoxy) is 1. The van der Waals surface area contributed by atoms with Crippen molar-refractivity contribution < 1.29 is 22.1 Å². The molecule has 26 heavy (non-hydrogen) atoms. The normalized spacial score (nSPS) is 37.8. The summed E-state index contributed by atoms with van der Waals surface area (Å²) in [5.41, 5.74) is -0.240. The number of carbonyl (C=O) groups is 1. The molecular weight excluding hydrogens is 354 g/mol. The van der Waals surface area contributed by atoms with Gasteiger partial charge in [-0.3, -0.25) is 4.18 Å². The molecule has 0 bridgehead atoms. The fraction of sp³-hybridized carbons (Fsp3) is 0.947. The van der Waals surface area contributed by atoms with Crippen molar-refractivity contribution in [3.8, 4) is 0 Å². The monoisotopic (exact) mass is 387 g/mol. The second-order valence-corrected chi connectivity index (χ2v) is 11.5. The number of hydrogen-bond donors (Lipinski definition) is 0. The first kappa shape index (κ1) is 19.9. The van der Waals surface area contributed by atoms with Crippen LogP contribution in [-0.2, 0) is 19.0 Å². The minimum Gasteiger partial charge on any atom is -0.444 e. The molecule has 6 nitrogen and oxygen atoms in total. The third-order valence-corrected chi connectivity index (χ3v) is 6.68. The van der Waals surface area contributed by atoms with E-state index in [2.05, 4.69) is 6.92 Å². The van der Waals surface area contributed by atoms with Crippen LogP contribution in [0.25, 0.3) is 0 Å². The Bertz CT molecular complexity index is 639. The number of likely N-dealkylation sites (tertiary alicyclic amines) is 1. The Morgan fingerprint density at radius 3 is 2.27 bits per heavy atom. The zero-order valence-corrected chi connectivity index (χ0v) is 17.5. The van der Waals surface area contributed by atoms with Crippen molar-refractivity contribution in [1.29, 1.82) is 0 Å². The van der Waals surface area contributed by atoms with Crippen molar-refractivity contribution in [2.45, 2.75) is 84.0 Å². The van der Waals surface area contributed by atoms with E-state index in [-0.39, 0.29) is 23.7 Å². The fourth-order valence-corrected chi connectivity index (χ4v) is 5.70. The molecule has 3 rings (SSSR count). The minimum atomic E-state index is -3.37. The van der Waals surface area contributed by atoms with Gasteiger partial charge in [-0.25, -0.2) is 4.79 Å². The van der Waals surface area contributed by atoms with E-state index >= 15 is 0 Å². The van der Waals surface area contributed by atoms with Crippen LogP contribution < -0.4 is 0 Å². The maximum absolute atomic E-state index is 12.7. The number of hydrogen-bond acceptors (Lipinski definition) is 5. The molecule has 1 aliphatic heterocycles. The van der Waals surface area contributed by atoms with Crippen LogP contribution in [0.2, 0.25) is 0 Å². The predicted octanol–water partition coefficient (Wildman–Crippen LogP) is 3.56. The van der Waals surface area contributed by atoms with E-state index in [1.807, 2.05) is 25.7 Å². The van der Waals surface area contributed by atoms with Crippen LogP contribution in [0.15, 0.2) is 0 Å². The van der Waals surface area contributed by atoms with E-state index in [0.29, 0.717) is 11.8 Å². The zero-order valence-electron chi connectivity index (χ0n) is 16.7. The Balaban J connectivity index is 1.56. The van der Waals surface area contributed by atoms with Crippen molar-refractivity contribution in [1.82, 2.24) is 4.90 Å². The lowest BCUT2D eigenvalue weighted by Gasteiger charge is -2.60. The standard InChI is InChI=1S/C19H33NO5S/c1-13-6-7-16(20(12-13)17(21)24-18(2,3)4)14-8-19(9-14)10-15(11-19)25-26(5,22)23/h13-16H,6-12H2,1-5H3. The average Bonchev–Trinajstić information content (AvgIpc) is 2.37. The summed E-state index contributed by atoms with van der Waals surface area (Å²) in [4.78, 5) is 14.6. The van der Waals surface area contributed by atoms with Gasteiger partial charge in [-0.15, -0.1) is 0 Å². The third kappa shape index (κ3) is 4.53. The first-order valence-corrected chi connectivity index (χ1v) is 11.6. The second-order valence-electron chi connectivity index (χ2n) is 9.88. The van der Waals surface area contributed by atoms with Gasteiger partial charge < -0.3 is 9.64 Å². The number of nitrogens with zero attached hydrogens (tertiary/aromatic N) is 1. The van der Waals surface area contributed by atoms with Gasteiger partial charge in [-0.05, 0) is 76.5 Å². The molecule has 1 spiro atoms. The molecule has 2 saturated carbocycles. The molecule has 1 heterocycles. The van der Waals surface area contributed by atoms with E-state index in [0.717, 1.165) is 51.3 Å². The second kappa shape index (κ2) is 6.66. The Morgan fingerprint density at radius 2 is 1.73 bits per heavy atom. The Morgan fingerprint density at radius 1 is 1.12 bits per heavy atom. The van der Waals surface area contributed by atoms with Crippen LogP contribution in [0.3, 0.4) is 0 Å². The summed E-state index contributed by atoms with van der Waals surface area (Å²) in [5.74, 6) is 0.998. The summed E-state index contributed by atoms with van der Waals surface area (Å²) in [6.45, 7) is 8.67. The molecule has 150 valence electrons. The highest BCUT2D eigenvalue weighted by Gasteiger charge is 2.57. The van der Waals surface area contributed by atoms with Gasteiger partial charge in [0, 0.05) is 12.6 Å². The van der Waals surface area contributed by atoms with Crippen LogP contribution in [-0.4, -0.2) is 50.0 Å². The van der Waals surface area contributed by atoms with Gasteiger partial charge in [-0.2, -0.15) is 8.42 Å². The van der Waals surface area contributed by atoms with Gasteiger partial charge in [0.15, 0.2) is 0 Å². The van der Waals surface area contributed by atoms with E-state index < -0.39 is 15.7 Å². The molecule has 1 saturated heterocycles. The summed E-state index contributed by atoms with van der Waals surface area (Å²) in [5, 5.41) is 0. The van der Waals surface area contributed by atoms with Crippen molar-refractivity contribution in [2.24, 2.45) is 17.3 Å². The third-order valence-electron chi connectivity index (χ3n) is 6.06. The van der Waals surface area contributed by atoms with Gasteiger partial charge >= 0.3 is 6.09 Å². The van der Waals surface area contributed by atoms with Crippen LogP contribution in [0.5, 0.6) is 0 Å². The highest BCUT2D eigenvalue weighted by atomic mass is 32.2. The van der Waals surface area contributed by atoms with Gasteiger partial charge in [0.05, 0.1) is 12.4 Å². The molecule has 2 atom stereocenters. The molecule has 2 unspecified atom stereocenters. The first-order valence-electron chi connectivity index (χ1n) is 9.74. The molecule has 0 aromatic rings. The number of carbonyl (C=O) groups excluding carboxylic acids is 1. The van der Waals surface area contributed by atoms with Crippen molar-refractivity contribution in [3.05, 3.63) is 0 Å². The summed E-state index contributed by atoms with van der Waals surface area (Å²) in [6.07, 6.45) is 6.73. The van der Waals surface area contributed by atoms with E-state index in [1.165, 1.54) is 0 Å². The van der Waals surface area contributed by atoms with Crippen LogP contribution in [0.1, 0.15) is 66.2 Å². The quantitative estimate of drug-likeness (QED) is 0.692. The van der Waals surface area contributed by atoms with Crippen molar-refractivity contribution >= 4 is 16.2 Å². The lowest BCUT2D eigenvalue weighted by Crippen LogP contribution is -2.59. The SMILES string of the molecule is CC1CCC(C2CC3(CC(OS(C)(=O)=O)C3)C2)N(C(=O)OC(C)(C)C)C1. The minimum absolute atomic E-state index is 0.153. The Kier molecular flexibility index (Phi) is 5.10. The van der Waals surface area contributed by atoms with Gasteiger partial charge in [0.2, 0.25) is 0 Å². The smallest absolute Gasteiger partial charge is 0.410 e. The van der Waals surface area contributed by atoms with Crippen molar-refractivity contribution in [3.63, 3.8) is 0 Å². The molecular formula is C19H33NO5S. The predicted molar refractivity (Wildman–Crippen MR) is 99.2 cm³/mol. The zero-order chi connectivity index (χ0) is 19.3. The number of piperidine rings is 1. The maximum Gasteiger partial charge on any atom is 0.410 e. The van der Waals surface area contributed by atoms with E-state index in [9.17, 15) is 13.2 Å². The molecule has 1 amide bonds. The molecule has 0 aromatic carbocycles. The molecule has 2 aliphatic carbocycles. The maximum atomic E-state index is 12.7. The highest BCUT2D eigenvalue weighted by molar-refractivity contribution is 7.86. The summed E-state index contributed by atoms with van der Waals surface area (Å²) < 4.78 is 33.2. The number of rotatable bonds is 3. The van der Waals surface area contributed by atoms with Gasteiger partial charge in [-0.1, -0.05) is 6.92 Å². The first-order chi connectivity index (χ1) is 11.9. The Labute approximate surface area is 157 Å². The topological polar surface area (TPSA) is 72.9 Å². The molecule has 3 aliphatic rings. The lowest BCUT2D eigenvalue weighted by molar-refractivity contribution is -0.123. The summed E-state index contributed by atoms with van der Waals surface area (Å²) >= 11 is 0. The highest BCUT2D eigenvalue weighted by Crippen LogP contribution is 2.61. The molecule has 0 radical (unpaired) electrons. The summed E-state index contributed by atoms with van der Waals surface area (Å²) in [7, 11) is -3.37. The molecule has 0 N–H and O–H groups in total. The van der Waals surface area contributed by atoms with E-state index in [1.54, 1.807) is 0 Å². The van der Waals surface area contributed by atoms with Crippen LogP contribution in [0, 0.1) is 17.3 Å². The average molecular weight is 388 g/mol. The molecule has 7 heteroatoms. The Hall–Kier alpha value is -0.820. The van der Waals surface area contributed by atoms with Gasteiger partial charge in [0.25, 0.3) is 10.1 Å². The van der Waals surface area contributed by atoms with Crippen molar-refractivity contribution in [2.75, 3.05) is 12.8 Å². The molecule has 3 fully saturated rings.